The van der Waals surface area contributed by atoms with Gasteiger partial charge in [-0.1, -0.05) is 25.1 Å². The summed E-state index contributed by atoms with van der Waals surface area (Å²) < 4.78 is 46.4. The van der Waals surface area contributed by atoms with Crippen molar-refractivity contribution in [1.82, 2.24) is 9.97 Å². The Bertz CT molecular complexity index is 1290. The lowest BCUT2D eigenvalue weighted by molar-refractivity contribution is -0.141. The number of carbonyl (C=O) groups excluding carboxylic acids is 1. The third-order valence-corrected chi connectivity index (χ3v) is 7.46. The van der Waals surface area contributed by atoms with E-state index in [4.69, 9.17) is 4.42 Å². The van der Waals surface area contributed by atoms with Crippen molar-refractivity contribution in [3.8, 4) is 5.75 Å². The van der Waals surface area contributed by atoms with Crippen molar-refractivity contribution in [2.45, 2.75) is 45.2 Å². The Labute approximate surface area is 224 Å². The van der Waals surface area contributed by atoms with Crippen LogP contribution in [0.4, 0.5) is 30.7 Å². The topological polar surface area (TPSA) is 94.7 Å². The molecule has 8 nitrogen and oxygen atoms in total. The molecule has 1 unspecified atom stereocenters. The molecule has 0 bridgehead atoms. The van der Waals surface area contributed by atoms with E-state index in [0.717, 1.165) is 56.6 Å². The number of aromatic nitrogens is 2. The second-order valence-corrected chi connectivity index (χ2v) is 10.5. The van der Waals surface area contributed by atoms with Crippen LogP contribution in [0.2, 0.25) is 0 Å². The quantitative estimate of drug-likeness (QED) is 0.409. The number of para-hydroxylation sites is 1. The summed E-state index contributed by atoms with van der Waals surface area (Å²) in [5, 5.41) is 12.5. The number of phenols is 1. The van der Waals surface area contributed by atoms with Crippen LogP contribution in [0.1, 0.15) is 54.4 Å². The van der Waals surface area contributed by atoms with Crippen LogP contribution in [-0.2, 0) is 12.6 Å². The number of oxazole rings is 1. The highest BCUT2D eigenvalue weighted by Crippen LogP contribution is 2.35. The van der Waals surface area contributed by atoms with Gasteiger partial charge in [-0.3, -0.25) is 4.79 Å². The number of nitrogens with zero attached hydrogens (tertiary/aromatic N) is 4. The van der Waals surface area contributed by atoms with Gasteiger partial charge in [-0.2, -0.15) is 18.2 Å². The minimum absolute atomic E-state index is 0.182. The van der Waals surface area contributed by atoms with Gasteiger partial charge < -0.3 is 24.6 Å². The number of alkyl halides is 3. The van der Waals surface area contributed by atoms with Crippen molar-refractivity contribution in [2.24, 2.45) is 11.8 Å². The smallest absolute Gasteiger partial charge is 0.437 e. The summed E-state index contributed by atoms with van der Waals surface area (Å²) in [4.78, 5) is 24.7. The number of rotatable bonds is 6. The lowest BCUT2D eigenvalue weighted by Crippen LogP contribution is -2.34. The molecule has 0 aliphatic carbocycles. The van der Waals surface area contributed by atoms with Crippen molar-refractivity contribution in [3.05, 3.63) is 59.6 Å². The fraction of sp³-hybridized carbons (Fsp3) is 0.464. The first-order chi connectivity index (χ1) is 18.7. The maximum atomic E-state index is 13.7. The molecule has 5 rings (SSSR count). The van der Waals surface area contributed by atoms with Crippen molar-refractivity contribution < 1.29 is 27.5 Å². The van der Waals surface area contributed by atoms with Crippen LogP contribution in [0.25, 0.3) is 0 Å². The minimum Gasteiger partial charge on any atom is -0.508 e. The molecule has 2 aromatic heterocycles. The molecule has 1 aromatic carbocycles. The second kappa shape index (κ2) is 11.2. The Morgan fingerprint density at radius 1 is 1.10 bits per heavy atom. The Morgan fingerprint density at radius 2 is 1.87 bits per heavy atom. The molecule has 3 aromatic rings. The number of pyridine rings is 1. The Morgan fingerprint density at radius 3 is 2.54 bits per heavy atom. The zero-order chi connectivity index (χ0) is 27.6. The van der Waals surface area contributed by atoms with Crippen LogP contribution >= 0.6 is 0 Å². The van der Waals surface area contributed by atoms with E-state index >= 15 is 0 Å². The van der Waals surface area contributed by atoms with Gasteiger partial charge in [0.1, 0.15) is 11.6 Å². The predicted octanol–water partition coefficient (Wildman–Crippen LogP) is 5.74. The SMILES string of the molecule is CC1CCCN(c2nc(C(F)(F)F)c(C(=O)Nc3ccc(N4CCC(Cc5ccccc5O)CC4)nc3)o2)C1. The summed E-state index contributed by atoms with van der Waals surface area (Å²) in [6.45, 7) is 4.66. The molecule has 2 aliphatic heterocycles. The number of carbonyl (C=O) groups is 1. The van der Waals surface area contributed by atoms with Gasteiger partial charge in [-0.15, -0.1) is 0 Å². The molecular formula is C28H32F3N5O3. The van der Waals surface area contributed by atoms with Gasteiger partial charge >= 0.3 is 6.18 Å². The monoisotopic (exact) mass is 543 g/mol. The lowest BCUT2D eigenvalue weighted by Gasteiger charge is -2.33. The summed E-state index contributed by atoms with van der Waals surface area (Å²) >= 11 is 0. The van der Waals surface area contributed by atoms with E-state index in [1.54, 1.807) is 23.1 Å². The predicted molar refractivity (Wildman–Crippen MR) is 141 cm³/mol. The molecule has 11 heteroatoms. The third kappa shape index (κ3) is 6.29. The number of hydrogen-bond acceptors (Lipinski definition) is 7. The van der Waals surface area contributed by atoms with Crippen molar-refractivity contribution >= 4 is 23.4 Å². The Balaban J connectivity index is 1.21. The minimum atomic E-state index is -4.83. The molecule has 2 fully saturated rings. The number of piperidine rings is 2. The molecule has 2 N–H and O–H groups in total. The van der Waals surface area contributed by atoms with Crippen molar-refractivity contribution in [1.29, 1.82) is 0 Å². The fourth-order valence-corrected chi connectivity index (χ4v) is 5.35. The maximum absolute atomic E-state index is 13.7. The summed E-state index contributed by atoms with van der Waals surface area (Å²) in [7, 11) is 0. The number of halogens is 3. The van der Waals surface area contributed by atoms with Gasteiger partial charge in [0.2, 0.25) is 5.76 Å². The number of hydrogen-bond donors (Lipinski definition) is 2. The largest absolute Gasteiger partial charge is 0.508 e. The molecular weight excluding hydrogens is 511 g/mol. The van der Waals surface area contributed by atoms with Crippen molar-refractivity contribution in [2.75, 3.05) is 41.3 Å². The van der Waals surface area contributed by atoms with Crippen LogP contribution in [0.3, 0.4) is 0 Å². The lowest BCUT2D eigenvalue weighted by atomic mass is 9.90. The fourth-order valence-electron chi connectivity index (χ4n) is 5.35. The van der Waals surface area contributed by atoms with Crippen LogP contribution in [0.5, 0.6) is 5.75 Å². The van der Waals surface area contributed by atoms with Crippen LogP contribution in [0, 0.1) is 11.8 Å². The normalized spacial score (nSPS) is 18.8. The molecule has 39 heavy (non-hydrogen) atoms. The number of aromatic hydroxyl groups is 1. The number of phenolic OH excluding ortho intramolecular Hbond substituents is 1. The van der Waals surface area contributed by atoms with Crippen molar-refractivity contribution in [3.63, 3.8) is 0 Å². The average molecular weight is 544 g/mol. The molecule has 0 spiro atoms. The summed E-state index contributed by atoms with van der Waals surface area (Å²) in [5.74, 6) is -0.0758. The first-order valence-electron chi connectivity index (χ1n) is 13.3. The van der Waals surface area contributed by atoms with Gasteiger partial charge in [0.05, 0.1) is 11.9 Å². The molecule has 0 radical (unpaired) electrons. The number of nitrogens with one attached hydrogen (secondary N) is 1. The molecule has 2 aliphatic rings. The highest BCUT2D eigenvalue weighted by molar-refractivity contribution is 6.03. The first kappa shape index (κ1) is 26.8. The standard InChI is InChI=1S/C28H32F3N5O3/c1-18-5-4-12-36(17-18)27-34-25(28(29,30)31)24(39-27)26(38)33-21-8-9-23(32-16-21)35-13-10-19(11-14-35)15-20-6-2-3-7-22(20)37/h2-3,6-9,16,18-19,37H,4-5,10-15,17H2,1H3,(H,33,38). The molecule has 1 atom stereocenters. The molecule has 2 saturated heterocycles. The Hall–Kier alpha value is -3.76. The number of amides is 1. The van der Waals surface area contributed by atoms with E-state index < -0.39 is 23.5 Å². The van der Waals surface area contributed by atoms with E-state index in [0.29, 0.717) is 30.7 Å². The van der Waals surface area contributed by atoms with Gasteiger partial charge in [-0.25, -0.2) is 4.98 Å². The zero-order valence-corrected chi connectivity index (χ0v) is 21.7. The van der Waals surface area contributed by atoms with Crippen LogP contribution in [-0.4, -0.2) is 47.2 Å². The summed E-state index contributed by atoms with van der Waals surface area (Å²) in [6.07, 6.45) is 1.10. The third-order valence-electron chi connectivity index (χ3n) is 7.46. The highest BCUT2D eigenvalue weighted by atomic mass is 19.4. The number of benzene rings is 1. The highest BCUT2D eigenvalue weighted by Gasteiger charge is 2.42. The van der Waals surface area contributed by atoms with Gasteiger partial charge in [0, 0.05) is 26.2 Å². The van der Waals surface area contributed by atoms with Gasteiger partial charge in [0.25, 0.3) is 11.9 Å². The van der Waals surface area contributed by atoms with E-state index in [1.807, 2.05) is 25.1 Å². The van der Waals surface area contributed by atoms with E-state index in [1.165, 1.54) is 6.20 Å². The number of anilines is 3. The summed E-state index contributed by atoms with van der Waals surface area (Å²) in [5.41, 5.74) is -0.118. The van der Waals surface area contributed by atoms with Crippen LogP contribution in [0.15, 0.2) is 47.0 Å². The van der Waals surface area contributed by atoms with Gasteiger partial charge in [0.15, 0.2) is 5.69 Å². The molecule has 208 valence electrons. The van der Waals surface area contributed by atoms with Gasteiger partial charge in [-0.05, 0) is 67.7 Å². The molecule has 4 heterocycles. The maximum Gasteiger partial charge on any atom is 0.437 e. The zero-order valence-electron chi connectivity index (χ0n) is 21.7. The van der Waals surface area contributed by atoms with E-state index in [2.05, 4.69) is 20.2 Å². The van der Waals surface area contributed by atoms with E-state index in [-0.39, 0.29) is 11.7 Å². The molecule has 0 saturated carbocycles. The van der Waals surface area contributed by atoms with E-state index in [9.17, 15) is 23.1 Å². The first-order valence-corrected chi connectivity index (χ1v) is 13.3. The Kier molecular flexibility index (Phi) is 7.67. The summed E-state index contributed by atoms with van der Waals surface area (Å²) in [6, 6.07) is 10.6. The average Bonchev–Trinajstić information content (AvgIpc) is 3.38. The van der Waals surface area contributed by atoms with Crippen LogP contribution < -0.4 is 15.1 Å². The molecule has 1 amide bonds. The second-order valence-electron chi connectivity index (χ2n) is 10.5.